The van der Waals surface area contributed by atoms with Crippen molar-refractivity contribution in [2.45, 2.75) is 17.0 Å². The summed E-state index contributed by atoms with van der Waals surface area (Å²) in [6.07, 6.45) is -3.14. The van der Waals surface area contributed by atoms with Crippen LogP contribution in [-0.2, 0) is 5.92 Å². The molecule has 3 aromatic rings. The Balaban J connectivity index is 2.25. The third-order valence-electron chi connectivity index (χ3n) is 3.86. The van der Waals surface area contributed by atoms with Gasteiger partial charge >= 0.3 is 12.1 Å². The predicted molar refractivity (Wildman–Crippen MR) is 106 cm³/mol. The van der Waals surface area contributed by atoms with Crippen molar-refractivity contribution in [2.75, 3.05) is 6.26 Å². The molecule has 0 spiro atoms. The molecule has 0 amide bonds. The fourth-order valence-corrected chi connectivity index (χ4v) is 3.25. The molecule has 0 aliphatic heterocycles. The van der Waals surface area contributed by atoms with Crippen molar-refractivity contribution in [2.24, 2.45) is 0 Å². The standard InChI is InChI=1S/C18H10Cl2F5N3O2S/c1-31-11-3-2-6-26-12(11)15-27-14(17(21,22)18(23,24)25)13(16(29)28-15)30-8-4-5-9(19)10(20)7-8/h2-7H,1H3,(H,27,28,29). The molecule has 31 heavy (non-hydrogen) atoms. The predicted octanol–water partition coefficient (Wildman–Crippen LogP) is 6.31. The molecular weight excluding hydrogens is 488 g/mol. The molecule has 2 heterocycles. The number of thioether (sulfide) groups is 1. The number of hydrogen-bond acceptors (Lipinski definition) is 5. The lowest BCUT2D eigenvalue weighted by atomic mass is 10.2. The van der Waals surface area contributed by atoms with Gasteiger partial charge < -0.3 is 9.72 Å². The van der Waals surface area contributed by atoms with Gasteiger partial charge in [-0.25, -0.2) is 4.98 Å². The van der Waals surface area contributed by atoms with Gasteiger partial charge in [0.25, 0.3) is 5.56 Å². The van der Waals surface area contributed by atoms with E-state index in [0.717, 1.165) is 23.9 Å². The monoisotopic (exact) mass is 497 g/mol. The summed E-state index contributed by atoms with van der Waals surface area (Å²) in [6.45, 7) is 0. The molecule has 0 radical (unpaired) electrons. The van der Waals surface area contributed by atoms with E-state index < -0.39 is 34.9 Å². The smallest absolute Gasteiger partial charge is 0.449 e. The van der Waals surface area contributed by atoms with E-state index >= 15 is 0 Å². The lowest BCUT2D eigenvalue weighted by Crippen LogP contribution is -2.36. The van der Waals surface area contributed by atoms with Crippen LogP contribution in [0.25, 0.3) is 11.5 Å². The highest BCUT2D eigenvalue weighted by Gasteiger charge is 2.62. The van der Waals surface area contributed by atoms with E-state index in [9.17, 15) is 26.7 Å². The summed E-state index contributed by atoms with van der Waals surface area (Å²) < 4.78 is 73.2. The zero-order valence-corrected chi connectivity index (χ0v) is 17.6. The van der Waals surface area contributed by atoms with Crippen molar-refractivity contribution in [3.05, 3.63) is 62.6 Å². The van der Waals surface area contributed by atoms with Crippen LogP contribution in [0.4, 0.5) is 22.0 Å². The summed E-state index contributed by atoms with van der Waals surface area (Å²) in [7, 11) is 0. The lowest BCUT2D eigenvalue weighted by molar-refractivity contribution is -0.291. The van der Waals surface area contributed by atoms with Crippen LogP contribution in [0.15, 0.2) is 46.2 Å². The fourth-order valence-electron chi connectivity index (χ4n) is 2.41. The van der Waals surface area contributed by atoms with Crippen LogP contribution in [0, 0.1) is 0 Å². The zero-order chi connectivity index (χ0) is 23.0. The first-order chi connectivity index (χ1) is 14.5. The van der Waals surface area contributed by atoms with E-state index in [2.05, 4.69) is 15.0 Å². The topological polar surface area (TPSA) is 67.9 Å². The van der Waals surface area contributed by atoms with Gasteiger partial charge in [-0.1, -0.05) is 23.2 Å². The van der Waals surface area contributed by atoms with E-state index in [4.69, 9.17) is 27.9 Å². The molecule has 3 rings (SSSR count). The summed E-state index contributed by atoms with van der Waals surface area (Å²) in [4.78, 5) is 22.4. The highest BCUT2D eigenvalue weighted by molar-refractivity contribution is 7.98. The number of benzene rings is 1. The van der Waals surface area contributed by atoms with E-state index in [-0.39, 0.29) is 21.5 Å². The highest BCUT2D eigenvalue weighted by atomic mass is 35.5. The van der Waals surface area contributed by atoms with Crippen LogP contribution in [0.3, 0.4) is 0 Å². The molecule has 2 aromatic heterocycles. The average molecular weight is 498 g/mol. The minimum atomic E-state index is -6.05. The van der Waals surface area contributed by atoms with E-state index in [0.29, 0.717) is 4.90 Å². The molecule has 0 saturated heterocycles. The van der Waals surface area contributed by atoms with Crippen molar-refractivity contribution in [1.29, 1.82) is 0 Å². The van der Waals surface area contributed by atoms with Crippen molar-refractivity contribution >= 4 is 35.0 Å². The van der Waals surface area contributed by atoms with Crippen LogP contribution in [0.2, 0.25) is 10.0 Å². The Labute approximate surface area is 185 Å². The average Bonchev–Trinajstić information content (AvgIpc) is 2.71. The second-order valence-corrected chi connectivity index (χ2v) is 7.56. The van der Waals surface area contributed by atoms with Gasteiger partial charge in [0.1, 0.15) is 11.4 Å². The Morgan fingerprint density at radius 2 is 1.81 bits per heavy atom. The first kappa shape index (κ1) is 23.3. The quantitative estimate of drug-likeness (QED) is 0.330. The Hall–Kier alpha value is -2.37. The Bertz CT molecular complexity index is 1190. The first-order valence-electron chi connectivity index (χ1n) is 8.17. The maximum Gasteiger partial charge on any atom is 0.459 e. The van der Waals surface area contributed by atoms with E-state index in [1.165, 1.54) is 24.4 Å². The van der Waals surface area contributed by atoms with Crippen LogP contribution < -0.4 is 10.3 Å². The Morgan fingerprint density at radius 1 is 1.10 bits per heavy atom. The number of nitrogens with zero attached hydrogens (tertiary/aromatic N) is 2. The molecule has 0 atom stereocenters. The molecule has 0 saturated carbocycles. The summed E-state index contributed by atoms with van der Waals surface area (Å²) in [5.74, 6) is -7.71. The first-order valence-corrected chi connectivity index (χ1v) is 10.2. The maximum atomic E-state index is 14.3. The Kier molecular flexibility index (Phi) is 6.49. The normalized spacial score (nSPS) is 12.1. The number of aromatic nitrogens is 3. The molecule has 1 N–H and O–H groups in total. The number of hydrogen-bond donors (Lipinski definition) is 1. The summed E-state index contributed by atoms with van der Waals surface area (Å²) in [5, 5.41) is 0.0133. The third kappa shape index (κ3) is 4.63. The molecule has 0 aliphatic rings. The fraction of sp³-hybridized carbons (Fsp3) is 0.167. The third-order valence-corrected chi connectivity index (χ3v) is 5.36. The van der Waals surface area contributed by atoms with Crippen LogP contribution >= 0.6 is 35.0 Å². The van der Waals surface area contributed by atoms with Gasteiger partial charge in [0.05, 0.1) is 10.0 Å². The van der Waals surface area contributed by atoms with E-state index in [1.54, 1.807) is 6.26 Å². The molecule has 0 unspecified atom stereocenters. The van der Waals surface area contributed by atoms with E-state index in [1.807, 2.05) is 0 Å². The second kappa shape index (κ2) is 8.64. The number of ether oxygens (including phenoxy) is 1. The number of aromatic amines is 1. The number of nitrogens with one attached hydrogen (secondary N) is 1. The molecule has 0 aliphatic carbocycles. The van der Waals surface area contributed by atoms with Gasteiger partial charge in [-0.15, -0.1) is 11.8 Å². The van der Waals surface area contributed by atoms with Gasteiger partial charge in [0.2, 0.25) is 5.75 Å². The number of H-pyrrole nitrogens is 1. The molecular formula is C18H10Cl2F5N3O2S. The lowest BCUT2D eigenvalue weighted by Gasteiger charge is -2.21. The van der Waals surface area contributed by atoms with Gasteiger partial charge in [0, 0.05) is 17.2 Å². The second-order valence-electron chi connectivity index (χ2n) is 5.90. The maximum absolute atomic E-state index is 14.3. The number of rotatable bonds is 5. The molecule has 0 fully saturated rings. The van der Waals surface area contributed by atoms with Gasteiger partial charge in [-0.2, -0.15) is 22.0 Å². The minimum Gasteiger partial charge on any atom is -0.449 e. The van der Waals surface area contributed by atoms with Crippen LogP contribution in [0.1, 0.15) is 5.69 Å². The SMILES string of the molecule is CSc1cccnc1-c1nc(C(F)(F)C(F)(F)F)c(Oc2ccc(Cl)c(Cl)c2)c(=O)[nH]1. The van der Waals surface area contributed by atoms with Crippen molar-refractivity contribution in [3.63, 3.8) is 0 Å². The van der Waals surface area contributed by atoms with Gasteiger partial charge in [0.15, 0.2) is 11.5 Å². The van der Waals surface area contributed by atoms with Crippen molar-refractivity contribution in [1.82, 2.24) is 15.0 Å². The molecule has 5 nitrogen and oxygen atoms in total. The van der Waals surface area contributed by atoms with Crippen LogP contribution in [-0.4, -0.2) is 27.4 Å². The van der Waals surface area contributed by atoms with Gasteiger partial charge in [-0.3, -0.25) is 9.78 Å². The molecule has 0 bridgehead atoms. The highest BCUT2D eigenvalue weighted by Crippen LogP contribution is 2.46. The summed E-state index contributed by atoms with van der Waals surface area (Å²) in [5.41, 5.74) is -3.36. The molecule has 1 aromatic carbocycles. The summed E-state index contributed by atoms with van der Waals surface area (Å²) >= 11 is 12.7. The summed E-state index contributed by atoms with van der Waals surface area (Å²) in [6, 6.07) is 6.48. The molecule has 13 heteroatoms. The minimum absolute atomic E-state index is 0.0672. The van der Waals surface area contributed by atoms with Crippen LogP contribution in [0.5, 0.6) is 11.5 Å². The Morgan fingerprint density at radius 3 is 2.42 bits per heavy atom. The molecule has 164 valence electrons. The number of alkyl halides is 5. The zero-order valence-electron chi connectivity index (χ0n) is 15.2. The van der Waals surface area contributed by atoms with Gasteiger partial charge in [-0.05, 0) is 30.5 Å². The number of pyridine rings is 1. The van der Waals surface area contributed by atoms with Crippen molar-refractivity contribution < 1.29 is 26.7 Å². The number of halogens is 7. The largest absolute Gasteiger partial charge is 0.459 e. The van der Waals surface area contributed by atoms with Crippen molar-refractivity contribution in [3.8, 4) is 23.0 Å².